The van der Waals surface area contributed by atoms with Crippen molar-refractivity contribution in [3.8, 4) is 0 Å². The van der Waals surface area contributed by atoms with Crippen molar-refractivity contribution >= 4 is 5.91 Å². The fraction of sp³-hybridized carbons (Fsp3) is 0.444. The molecule has 0 spiro atoms. The molecule has 1 saturated carbocycles. The van der Waals surface area contributed by atoms with Crippen LogP contribution in [-0.4, -0.2) is 33.5 Å². The Labute approximate surface area is 139 Å². The number of halogens is 1. The third-order valence-corrected chi connectivity index (χ3v) is 4.73. The number of benzene rings is 1. The summed E-state index contributed by atoms with van der Waals surface area (Å²) in [6.45, 7) is 0.242. The van der Waals surface area contributed by atoms with Gasteiger partial charge in [0.2, 0.25) is 0 Å². The second-order valence-corrected chi connectivity index (χ2v) is 6.69. The summed E-state index contributed by atoms with van der Waals surface area (Å²) in [6.07, 6.45) is 4.39. The molecule has 2 aromatic rings. The van der Waals surface area contributed by atoms with E-state index in [1.807, 2.05) is 0 Å². The van der Waals surface area contributed by atoms with E-state index in [1.54, 1.807) is 17.0 Å². The molecule has 1 amide bonds. The molecule has 1 aliphatic heterocycles. The standard InChI is InChI=1S/C18H19FN2O3/c19-13-5-3-12(4-6-13)16-8-14(22)9-21(16)18(23)15-10-24-17(20-15)7-11-1-2-11/h3-6,10-11,14,16,22H,1-2,7-9H2/t14-,16-/m0/s1. The van der Waals surface area contributed by atoms with Gasteiger partial charge in [0.05, 0.1) is 12.1 Å². The van der Waals surface area contributed by atoms with Gasteiger partial charge in [0.15, 0.2) is 11.6 Å². The number of carbonyl (C=O) groups is 1. The van der Waals surface area contributed by atoms with Crippen molar-refractivity contribution < 1.29 is 18.7 Å². The van der Waals surface area contributed by atoms with Gasteiger partial charge in [0.25, 0.3) is 5.91 Å². The maximum Gasteiger partial charge on any atom is 0.276 e. The maximum atomic E-state index is 13.1. The van der Waals surface area contributed by atoms with Gasteiger partial charge >= 0.3 is 0 Å². The summed E-state index contributed by atoms with van der Waals surface area (Å²) in [4.78, 5) is 18.7. The molecule has 2 fully saturated rings. The van der Waals surface area contributed by atoms with Crippen LogP contribution >= 0.6 is 0 Å². The van der Waals surface area contributed by atoms with E-state index in [0.29, 0.717) is 18.2 Å². The number of rotatable bonds is 4. The molecule has 2 aliphatic rings. The zero-order valence-electron chi connectivity index (χ0n) is 13.2. The first-order chi connectivity index (χ1) is 11.6. The van der Waals surface area contributed by atoms with Gasteiger partial charge in [-0.15, -0.1) is 0 Å². The maximum absolute atomic E-state index is 13.1. The number of hydrogen-bond acceptors (Lipinski definition) is 4. The van der Waals surface area contributed by atoms with E-state index < -0.39 is 6.10 Å². The summed E-state index contributed by atoms with van der Waals surface area (Å²) in [5, 5.41) is 10.0. The van der Waals surface area contributed by atoms with E-state index in [9.17, 15) is 14.3 Å². The van der Waals surface area contributed by atoms with Crippen LogP contribution in [0, 0.1) is 11.7 Å². The van der Waals surface area contributed by atoms with Crippen LogP contribution < -0.4 is 0 Å². The topological polar surface area (TPSA) is 66.6 Å². The molecule has 0 bridgehead atoms. The van der Waals surface area contributed by atoms with E-state index in [1.165, 1.54) is 31.2 Å². The highest BCUT2D eigenvalue weighted by atomic mass is 19.1. The number of hydrogen-bond donors (Lipinski definition) is 1. The minimum absolute atomic E-state index is 0.242. The van der Waals surface area contributed by atoms with Gasteiger partial charge in [0.1, 0.15) is 12.1 Å². The predicted molar refractivity (Wildman–Crippen MR) is 83.7 cm³/mol. The molecule has 1 aromatic carbocycles. The molecule has 2 atom stereocenters. The Balaban J connectivity index is 1.54. The smallest absolute Gasteiger partial charge is 0.276 e. The van der Waals surface area contributed by atoms with E-state index in [0.717, 1.165) is 12.0 Å². The molecule has 2 heterocycles. The minimum Gasteiger partial charge on any atom is -0.448 e. The zero-order valence-corrected chi connectivity index (χ0v) is 13.2. The summed E-state index contributed by atoms with van der Waals surface area (Å²) in [7, 11) is 0. The van der Waals surface area contributed by atoms with E-state index >= 15 is 0 Å². The third-order valence-electron chi connectivity index (χ3n) is 4.73. The van der Waals surface area contributed by atoms with Crippen LogP contribution in [0.15, 0.2) is 34.9 Å². The number of carbonyl (C=O) groups excluding carboxylic acids is 1. The Morgan fingerprint density at radius 2 is 2.08 bits per heavy atom. The minimum atomic E-state index is -0.596. The van der Waals surface area contributed by atoms with Crippen LogP contribution in [0.25, 0.3) is 0 Å². The normalized spacial score (nSPS) is 23.7. The van der Waals surface area contributed by atoms with Gasteiger partial charge in [0, 0.05) is 13.0 Å². The van der Waals surface area contributed by atoms with Gasteiger partial charge in [-0.2, -0.15) is 0 Å². The van der Waals surface area contributed by atoms with Crippen LogP contribution in [0.4, 0.5) is 4.39 Å². The van der Waals surface area contributed by atoms with Crippen LogP contribution in [0.2, 0.25) is 0 Å². The SMILES string of the molecule is O=C(c1coc(CC2CC2)n1)N1C[C@@H](O)C[C@H]1c1ccc(F)cc1. The zero-order chi connectivity index (χ0) is 16.7. The quantitative estimate of drug-likeness (QED) is 0.936. The molecule has 126 valence electrons. The van der Waals surface area contributed by atoms with Crippen molar-refractivity contribution in [3.05, 3.63) is 53.5 Å². The Morgan fingerprint density at radius 1 is 1.33 bits per heavy atom. The number of aromatic nitrogens is 1. The van der Waals surface area contributed by atoms with Gasteiger partial charge in [-0.25, -0.2) is 9.37 Å². The molecule has 1 aliphatic carbocycles. The van der Waals surface area contributed by atoms with Crippen molar-refractivity contribution in [3.63, 3.8) is 0 Å². The van der Waals surface area contributed by atoms with Crippen LogP contribution in [0.1, 0.15) is 47.2 Å². The van der Waals surface area contributed by atoms with Crippen LogP contribution in [-0.2, 0) is 6.42 Å². The van der Waals surface area contributed by atoms with Gasteiger partial charge in [-0.3, -0.25) is 4.79 Å². The highest BCUT2D eigenvalue weighted by Crippen LogP contribution is 2.34. The third kappa shape index (κ3) is 3.06. The largest absolute Gasteiger partial charge is 0.448 e. The second-order valence-electron chi connectivity index (χ2n) is 6.69. The molecule has 24 heavy (non-hydrogen) atoms. The molecular weight excluding hydrogens is 311 g/mol. The monoisotopic (exact) mass is 330 g/mol. The fourth-order valence-corrected chi connectivity index (χ4v) is 3.26. The van der Waals surface area contributed by atoms with E-state index in [-0.39, 0.29) is 30.0 Å². The first-order valence-corrected chi connectivity index (χ1v) is 8.29. The lowest BCUT2D eigenvalue weighted by molar-refractivity contribution is 0.0709. The molecule has 4 rings (SSSR count). The van der Waals surface area contributed by atoms with Crippen molar-refractivity contribution in [1.82, 2.24) is 9.88 Å². The van der Waals surface area contributed by atoms with Crippen LogP contribution in [0.3, 0.4) is 0 Å². The van der Waals surface area contributed by atoms with Crippen molar-refractivity contribution in [2.45, 2.75) is 37.8 Å². The Kier molecular flexibility index (Phi) is 3.84. The molecule has 1 saturated heterocycles. The highest BCUT2D eigenvalue weighted by molar-refractivity contribution is 5.92. The highest BCUT2D eigenvalue weighted by Gasteiger charge is 2.37. The van der Waals surface area contributed by atoms with E-state index in [2.05, 4.69) is 4.98 Å². The fourth-order valence-electron chi connectivity index (χ4n) is 3.26. The van der Waals surface area contributed by atoms with Gasteiger partial charge in [-0.1, -0.05) is 12.1 Å². The number of nitrogens with zero attached hydrogens (tertiary/aromatic N) is 2. The van der Waals surface area contributed by atoms with Crippen molar-refractivity contribution in [2.24, 2.45) is 5.92 Å². The molecule has 5 nitrogen and oxygen atoms in total. The lowest BCUT2D eigenvalue weighted by Crippen LogP contribution is -2.32. The number of β-amino-alcohol motifs (C(OH)–C–C–N with tert-alkyl or cyclic N) is 1. The summed E-state index contributed by atoms with van der Waals surface area (Å²) in [6, 6.07) is 5.76. The average Bonchev–Trinajstić information content (AvgIpc) is 3.11. The van der Waals surface area contributed by atoms with Gasteiger partial charge in [-0.05, 0) is 42.9 Å². The van der Waals surface area contributed by atoms with Crippen molar-refractivity contribution in [2.75, 3.05) is 6.54 Å². The summed E-state index contributed by atoms with van der Waals surface area (Å²) < 4.78 is 18.5. The lowest BCUT2D eigenvalue weighted by atomic mass is 10.0. The first-order valence-electron chi connectivity index (χ1n) is 8.29. The number of aliphatic hydroxyl groups excluding tert-OH is 1. The molecular formula is C18H19FN2O3. The summed E-state index contributed by atoms with van der Waals surface area (Å²) in [5.74, 6) is 0.647. The van der Waals surface area contributed by atoms with Crippen LogP contribution in [0.5, 0.6) is 0 Å². The average molecular weight is 330 g/mol. The lowest BCUT2D eigenvalue weighted by Gasteiger charge is -2.23. The summed E-state index contributed by atoms with van der Waals surface area (Å²) >= 11 is 0. The molecule has 1 aromatic heterocycles. The number of aliphatic hydroxyl groups is 1. The number of likely N-dealkylation sites (tertiary alicyclic amines) is 1. The van der Waals surface area contributed by atoms with Gasteiger partial charge < -0.3 is 14.4 Å². The Morgan fingerprint density at radius 3 is 2.79 bits per heavy atom. The Bertz CT molecular complexity index is 739. The van der Waals surface area contributed by atoms with Crippen molar-refractivity contribution in [1.29, 1.82) is 0 Å². The number of amides is 1. The predicted octanol–water partition coefficient (Wildman–Crippen LogP) is 2.71. The number of oxazole rings is 1. The molecule has 0 radical (unpaired) electrons. The van der Waals surface area contributed by atoms with E-state index in [4.69, 9.17) is 4.42 Å². The summed E-state index contributed by atoms with van der Waals surface area (Å²) in [5.41, 5.74) is 1.08. The Hall–Kier alpha value is -2.21. The second kappa shape index (κ2) is 6.02. The molecule has 1 N–H and O–H groups in total. The molecule has 0 unspecified atom stereocenters. The first kappa shape index (κ1) is 15.3. The molecule has 6 heteroatoms.